The number of hydrogen-bond acceptors (Lipinski definition) is 4. The molecule has 134 valence electrons. The van der Waals surface area contributed by atoms with Crippen LogP contribution >= 0.6 is 22.9 Å². The summed E-state index contributed by atoms with van der Waals surface area (Å²) in [5.41, 5.74) is 3.60. The number of aromatic nitrogens is 1. The minimum Gasteiger partial charge on any atom is -0.453 e. The lowest BCUT2D eigenvalue weighted by atomic mass is 10.1. The van der Waals surface area contributed by atoms with Crippen LogP contribution in [0.3, 0.4) is 0 Å². The first-order valence-electron chi connectivity index (χ1n) is 8.12. The summed E-state index contributed by atoms with van der Waals surface area (Å²) in [7, 11) is 0. The number of ketones is 1. The van der Waals surface area contributed by atoms with Crippen molar-refractivity contribution in [1.29, 1.82) is 0 Å². The van der Waals surface area contributed by atoms with Crippen LogP contribution in [0.5, 0.6) is 0 Å². The van der Waals surface area contributed by atoms with Gasteiger partial charge in [-0.1, -0.05) is 41.9 Å². The van der Waals surface area contributed by atoms with Crippen molar-refractivity contribution in [2.75, 3.05) is 6.61 Å². The van der Waals surface area contributed by atoms with Crippen LogP contribution in [-0.2, 0) is 11.3 Å². The number of hydrogen-bond donors (Lipinski definition) is 0. The number of thiophene rings is 1. The normalized spacial score (nSPS) is 10.7. The predicted molar refractivity (Wildman–Crippen MR) is 103 cm³/mol. The molecule has 3 rings (SSSR count). The van der Waals surface area contributed by atoms with E-state index in [1.165, 1.54) is 0 Å². The van der Waals surface area contributed by atoms with Gasteiger partial charge < -0.3 is 9.30 Å². The SMILES string of the molecule is Cc1cc(C(=O)COC(=O)c2ccc(Cl)s2)c(C)n1Cc1ccccc1. The third-order valence-corrected chi connectivity index (χ3v) is 5.38. The lowest BCUT2D eigenvalue weighted by molar-refractivity contribution is 0.0479. The van der Waals surface area contributed by atoms with Crippen LogP contribution in [0.25, 0.3) is 0 Å². The molecular formula is C20H18ClNO3S. The van der Waals surface area contributed by atoms with E-state index in [4.69, 9.17) is 16.3 Å². The first kappa shape index (κ1) is 18.4. The van der Waals surface area contributed by atoms with Gasteiger partial charge in [-0.15, -0.1) is 11.3 Å². The maximum absolute atomic E-state index is 12.5. The molecule has 3 aromatic rings. The molecule has 0 saturated heterocycles. The molecule has 0 aliphatic carbocycles. The highest BCUT2D eigenvalue weighted by atomic mass is 35.5. The lowest BCUT2D eigenvalue weighted by Crippen LogP contribution is -2.14. The summed E-state index contributed by atoms with van der Waals surface area (Å²) in [4.78, 5) is 24.9. The summed E-state index contributed by atoms with van der Waals surface area (Å²) in [6.45, 7) is 4.28. The number of benzene rings is 1. The average molecular weight is 388 g/mol. The number of rotatable bonds is 6. The fourth-order valence-corrected chi connectivity index (χ4v) is 3.73. The number of Topliss-reactive ketones (excluding diaryl/α,β-unsaturated/α-hetero) is 1. The Kier molecular flexibility index (Phi) is 5.59. The zero-order chi connectivity index (χ0) is 18.7. The van der Waals surface area contributed by atoms with E-state index >= 15 is 0 Å². The Balaban J connectivity index is 1.70. The molecule has 6 heteroatoms. The topological polar surface area (TPSA) is 48.3 Å². The van der Waals surface area contributed by atoms with Crippen molar-refractivity contribution in [1.82, 2.24) is 4.57 Å². The summed E-state index contributed by atoms with van der Waals surface area (Å²) in [6.07, 6.45) is 0. The maximum atomic E-state index is 12.5. The highest BCUT2D eigenvalue weighted by molar-refractivity contribution is 7.17. The fraction of sp³-hybridized carbons (Fsp3) is 0.200. The molecule has 2 aromatic heterocycles. The molecule has 1 aromatic carbocycles. The number of halogens is 1. The van der Waals surface area contributed by atoms with Gasteiger partial charge in [0.05, 0.1) is 4.34 Å². The van der Waals surface area contributed by atoms with Crippen LogP contribution in [0.15, 0.2) is 48.5 Å². The van der Waals surface area contributed by atoms with Crippen molar-refractivity contribution < 1.29 is 14.3 Å². The number of nitrogens with zero attached hydrogens (tertiary/aromatic N) is 1. The molecule has 0 aliphatic heterocycles. The summed E-state index contributed by atoms with van der Waals surface area (Å²) in [5, 5.41) is 0. The first-order valence-corrected chi connectivity index (χ1v) is 9.31. The zero-order valence-corrected chi connectivity index (χ0v) is 16.1. The number of aryl methyl sites for hydroxylation is 1. The van der Waals surface area contributed by atoms with E-state index in [0.717, 1.165) is 28.3 Å². The zero-order valence-electron chi connectivity index (χ0n) is 14.5. The van der Waals surface area contributed by atoms with Crippen LogP contribution in [0.4, 0.5) is 0 Å². The Labute approximate surface area is 161 Å². The molecule has 0 unspecified atom stereocenters. The number of carbonyl (C=O) groups is 2. The van der Waals surface area contributed by atoms with E-state index in [9.17, 15) is 9.59 Å². The third kappa shape index (κ3) is 4.06. The van der Waals surface area contributed by atoms with Crippen LogP contribution < -0.4 is 0 Å². The molecule has 2 heterocycles. The first-order chi connectivity index (χ1) is 12.5. The highest BCUT2D eigenvalue weighted by Gasteiger charge is 2.18. The average Bonchev–Trinajstić information content (AvgIpc) is 3.19. The van der Waals surface area contributed by atoms with Gasteiger partial charge in [0.15, 0.2) is 6.61 Å². The smallest absolute Gasteiger partial charge is 0.348 e. The molecule has 0 aliphatic rings. The van der Waals surface area contributed by atoms with Gasteiger partial charge in [-0.25, -0.2) is 4.79 Å². The second kappa shape index (κ2) is 7.89. The van der Waals surface area contributed by atoms with Gasteiger partial charge in [0, 0.05) is 23.5 Å². The van der Waals surface area contributed by atoms with E-state index in [1.54, 1.807) is 12.1 Å². The maximum Gasteiger partial charge on any atom is 0.348 e. The minimum absolute atomic E-state index is 0.214. The van der Waals surface area contributed by atoms with Crippen molar-refractivity contribution in [2.24, 2.45) is 0 Å². The standard InChI is InChI=1S/C20H18ClNO3S/c1-13-10-16(14(2)22(13)11-15-6-4-3-5-7-15)17(23)12-25-20(24)18-8-9-19(21)26-18/h3-10H,11-12H2,1-2H3. The summed E-state index contributed by atoms with van der Waals surface area (Å²) >= 11 is 6.94. The van der Waals surface area contributed by atoms with Gasteiger partial charge in [0.25, 0.3) is 0 Å². The third-order valence-electron chi connectivity index (χ3n) is 4.17. The van der Waals surface area contributed by atoms with Crippen molar-refractivity contribution >= 4 is 34.7 Å². The van der Waals surface area contributed by atoms with Crippen molar-refractivity contribution in [3.63, 3.8) is 0 Å². The molecule has 0 N–H and O–H groups in total. The number of esters is 1. The molecular weight excluding hydrogens is 370 g/mol. The number of carbonyl (C=O) groups excluding carboxylic acids is 2. The Hall–Kier alpha value is -2.37. The van der Waals surface area contributed by atoms with Gasteiger partial charge in [-0.2, -0.15) is 0 Å². The Morgan fingerprint density at radius 3 is 2.50 bits per heavy atom. The summed E-state index contributed by atoms with van der Waals surface area (Å²) in [5.74, 6) is -0.748. The van der Waals surface area contributed by atoms with E-state index in [-0.39, 0.29) is 12.4 Å². The molecule has 0 saturated carbocycles. The molecule has 0 fully saturated rings. The molecule has 0 bridgehead atoms. The predicted octanol–water partition coefficient (Wildman–Crippen LogP) is 4.91. The van der Waals surface area contributed by atoms with Crippen molar-refractivity contribution in [3.05, 3.63) is 80.3 Å². The molecule has 26 heavy (non-hydrogen) atoms. The van der Waals surface area contributed by atoms with E-state index in [0.29, 0.717) is 21.3 Å². The van der Waals surface area contributed by atoms with Gasteiger partial charge in [0.1, 0.15) is 4.88 Å². The molecule has 0 spiro atoms. The van der Waals surface area contributed by atoms with Gasteiger partial charge in [-0.3, -0.25) is 4.79 Å². The Morgan fingerprint density at radius 2 is 1.85 bits per heavy atom. The van der Waals surface area contributed by atoms with Crippen LogP contribution in [-0.4, -0.2) is 22.9 Å². The van der Waals surface area contributed by atoms with Crippen molar-refractivity contribution in [2.45, 2.75) is 20.4 Å². The van der Waals surface area contributed by atoms with Crippen LogP contribution in [0.2, 0.25) is 4.34 Å². The van der Waals surface area contributed by atoms with E-state index in [1.807, 2.05) is 50.2 Å². The highest BCUT2D eigenvalue weighted by Crippen LogP contribution is 2.22. The monoisotopic (exact) mass is 387 g/mol. The lowest BCUT2D eigenvalue weighted by Gasteiger charge is -2.10. The molecule has 0 atom stereocenters. The molecule has 0 radical (unpaired) electrons. The number of ether oxygens (including phenoxy) is 1. The van der Waals surface area contributed by atoms with Gasteiger partial charge in [-0.05, 0) is 37.6 Å². The van der Waals surface area contributed by atoms with Crippen molar-refractivity contribution in [3.8, 4) is 0 Å². The van der Waals surface area contributed by atoms with Gasteiger partial charge >= 0.3 is 5.97 Å². The molecule has 0 amide bonds. The van der Waals surface area contributed by atoms with Crippen LogP contribution in [0, 0.1) is 13.8 Å². The minimum atomic E-state index is -0.534. The Bertz CT molecular complexity index is 943. The van der Waals surface area contributed by atoms with Gasteiger partial charge in [0.2, 0.25) is 5.78 Å². The quantitative estimate of drug-likeness (QED) is 0.446. The van der Waals surface area contributed by atoms with E-state index < -0.39 is 5.97 Å². The second-order valence-electron chi connectivity index (χ2n) is 5.96. The second-order valence-corrected chi connectivity index (χ2v) is 7.67. The fourth-order valence-electron chi connectivity index (χ4n) is 2.80. The summed E-state index contributed by atoms with van der Waals surface area (Å²) < 4.78 is 7.73. The van der Waals surface area contributed by atoms with Crippen LogP contribution in [0.1, 0.15) is 37.0 Å². The van der Waals surface area contributed by atoms with E-state index in [2.05, 4.69) is 4.57 Å². The summed E-state index contributed by atoms with van der Waals surface area (Å²) in [6, 6.07) is 15.1. The Morgan fingerprint density at radius 1 is 1.12 bits per heavy atom. The largest absolute Gasteiger partial charge is 0.453 e. The molecule has 4 nitrogen and oxygen atoms in total.